The SMILES string of the molecule is COc1ccc(-c2cc(N3CCC(C(=O)Nc4cc(C)ccc4C)CC3)ncn2)cc1. The van der Waals surface area contributed by atoms with E-state index in [1.807, 2.05) is 56.3 Å². The molecule has 1 aliphatic heterocycles. The van der Waals surface area contributed by atoms with E-state index in [4.69, 9.17) is 4.74 Å². The van der Waals surface area contributed by atoms with Crippen molar-refractivity contribution in [3.05, 3.63) is 66.0 Å². The zero-order valence-corrected chi connectivity index (χ0v) is 18.3. The number of aryl methyl sites for hydroxylation is 2. The lowest BCUT2D eigenvalue weighted by Crippen LogP contribution is -2.38. The van der Waals surface area contributed by atoms with Crippen molar-refractivity contribution in [1.29, 1.82) is 0 Å². The third-order valence-electron chi connectivity index (χ3n) is 5.88. The van der Waals surface area contributed by atoms with Gasteiger partial charge in [-0.2, -0.15) is 0 Å². The van der Waals surface area contributed by atoms with Gasteiger partial charge >= 0.3 is 0 Å². The maximum Gasteiger partial charge on any atom is 0.227 e. The first-order valence-corrected chi connectivity index (χ1v) is 10.6. The molecule has 0 saturated carbocycles. The number of benzene rings is 2. The monoisotopic (exact) mass is 416 g/mol. The predicted octanol–water partition coefficient (Wildman–Crippen LogP) is 4.62. The second-order valence-corrected chi connectivity index (χ2v) is 8.06. The molecule has 1 N–H and O–H groups in total. The third kappa shape index (κ3) is 4.85. The van der Waals surface area contributed by atoms with Crippen molar-refractivity contribution in [1.82, 2.24) is 9.97 Å². The van der Waals surface area contributed by atoms with E-state index in [2.05, 4.69) is 26.3 Å². The van der Waals surface area contributed by atoms with Crippen molar-refractivity contribution in [2.24, 2.45) is 5.92 Å². The van der Waals surface area contributed by atoms with E-state index in [9.17, 15) is 4.79 Å². The van der Waals surface area contributed by atoms with Crippen LogP contribution >= 0.6 is 0 Å². The van der Waals surface area contributed by atoms with Gasteiger partial charge in [-0.1, -0.05) is 12.1 Å². The average molecular weight is 417 g/mol. The van der Waals surface area contributed by atoms with Gasteiger partial charge < -0.3 is 15.0 Å². The van der Waals surface area contributed by atoms with Gasteiger partial charge in [0.2, 0.25) is 5.91 Å². The molecule has 0 spiro atoms. The highest BCUT2D eigenvalue weighted by Crippen LogP contribution is 2.27. The molecule has 1 aromatic heterocycles. The molecule has 6 nitrogen and oxygen atoms in total. The van der Waals surface area contributed by atoms with Crippen LogP contribution in [0.3, 0.4) is 0 Å². The topological polar surface area (TPSA) is 67.3 Å². The maximum atomic E-state index is 12.8. The van der Waals surface area contributed by atoms with Crippen LogP contribution in [0.15, 0.2) is 54.9 Å². The molecule has 0 atom stereocenters. The highest BCUT2D eigenvalue weighted by molar-refractivity contribution is 5.93. The van der Waals surface area contributed by atoms with Gasteiger partial charge in [-0.15, -0.1) is 0 Å². The van der Waals surface area contributed by atoms with Crippen molar-refractivity contribution < 1.29 is 9.53 Å². The average Bonchev–Trinajstić information content (AvgIpc) is 2.81. The summed E-state index contributed by atoms with van der Waals surface area (Å²) in [4.78, 5) is 23.9. The zero-order chi connectivity index (χ0) is 21.8. The third-order valence-corrected chi connectivity index (χ3v) is 5.88. The lowest BCUT2D eigenvalue weighted by molar-refractivity contribution is -0.120. The minimum absolute atomic E-state index is 0.0130. The Kier molecular flexibility index (Phi) is 6.16. The molecule has 1 amide bonds. The van der Waals surface area contributed by atoms with Crippen LogP contribution in [-0.4, -0.2) is 36.1 Å². The largest absolute Gasteiger partial charge is 0.497 e. The first-order valence-electron chi connectivity index (χ1n) is 10.6. The molecule has 0 bridgehead atoms. The Balaban J connectivity index is 1.39. The van der Waals surface area contributed by atoms with E-state index in [0.717, 1.165) is 65.6 Å². The quantitative estimate of drug-likeness (QED) is 0.657. The molecule has 160 valence electrons. The molecule has 3 aromatic rings. The molecule has 2 heterocycles. The van der Waals surface area contributed by atoms with Gasteiger partial charge in [-0.25, -0.2) is 9.97 Å². The molecule has 0 radical (unpaired) electrons. The van der Waals surface area contributed by atoms with Crippen molar-refractivity contribution in [3.63, 3.8) is 0 Å². The van der Waals surface area contributed by atoms with Crippen LogP contribution in [0.5, 0.6) is 5.75 Å². The second kappa shape index (κ2) is 9.16. The van der Waals surface area contributed by atoms with Crippen molar-refractivity contribution >= 4 is 17.4 Å². The summed E-state index contributed by atoms with van der Waals surface area (Å²) in [6.45, 7) is 5.65. The van der Waals surface area contributed by atoms with Crippen molar-refractivity contribution in [2.75, 3.05) is 30.4 Å². The van der Waals surface area contributed by atoms with E-state index >= 15 is 0 Å². The lowest BCUT2D eigenvalue weighted by atomic mass is 9.95. The van der Waals surface area contributed by atoms with Gasteiger partial charge in [0.05, 0.1) is 12.8 Å². The predicted molar refractivity (Wildman–Crippen MR) is 124 cm³/mol. The number of carbonyl (C=O) groups excluding carboxylic acids is 1. The Bertz CT molecular complexity index is 1060. The number of nitrogens with zero attached hydrogens (tertiary/aromatic N) is 3. The molecule has 31 heavy (non-hydrogen) atoms. The molecule has 0 unspecified atom stereocenters. The number of nitrogens with one attached hydrogen (secondary N) is 1. The van der Waals surface area contributed by atoms with Crippen LogP contribution in [0.4, 0.5) is 11.5 Å². The summed E-state index contributed by atoms with van der Waals surface area (Å²) in [5.74, 6) is 1.84. The fourth-order valence-electron chi connectivity index (χ4n) is 3.92. The van der Waals surface area contributed by atoms with Crippen LogP contribution < -0.4 is 15.0 Å². The Morgan fingerprint density at radius 2 is 1.77 bits per heavy atom. The first kappa shape index (κ1) is 20.8. The Morgan fingerprint density at radius 1 is 1.03 bits per heavy atom. The van der Waals surface area contributed by atoms with E-state index in [1.54, 1.807) is 13.4 Å². The molecule has 1 fully saturated rings. The van der Waals surface area contributed by atoms with Crippen LogP contribution in [0.1, 0.15) is 24.0 Å². The standard InChI is InChI=1S/C25H28N4O2/c1-17-4-5-18(2)22(14-17)28-25(30)20-10-12-29(13-11-20)24-15-23(26-16-27-24)19-6-8-21(31-3)9-7-19/h4-9,14-16,20H,10-13H2,1-3H3,(H,28,30). The highest BCUT2D eigenvalue weighted by Gasteiger charge is 2.26. The normalized spacial score (nSPS) is 14.4. The first-order chi connectivity index (χ1) is 15.0. The summed E-state index contributed by atoms with van der Waals surface area (Å²) < 4.78 is 5.23. The second-order valence-electron chi connectivity index (χ2n) is 8.06. The fourth-order valence-corrected chi connectivity index (χ4v) is 3.92. The van der Waals surface area contributed by atoms with E-state index < -0.39 is 0 Å². The highest BCUT2D eigenvalue weighted by atomic mass is 16.5. The van der Waals surface area contributed by atoms with Gasteiger partial charge in [-0.05, 0) is 68.1 Å². The van der Waals surface area contributed by atoms with Gasteiger partial charge in [-0.3, -0.25) is 4.79 Å². The van der Waals surface area contributed by atoms with Crippen molar-refractivity contribution in [2.45, 2.75) is 26.7 Å². The Labute approximate surface area is 183 Å². The summed E-state index contributed by atoms with van der Waals surface area (Å²) in [7, 11) is 1.66. The molecule has 2 aromatic carbocycles. The van der Waals surface area contributed by atoms with Gasteiger partial charge in [0.15, 0.2) is 0 Å². The fraction of sp³-hybridized carbons (Fsp3) is 0.320. The summed E-state index contributed by atoms with van der Waals surface area (Å²) in [5.41, 5.74) is 5.04. The number of carbonyl (C=O) groups is 1. The number of hydrogen-bond acceptors (Lipinski definition) is 5. The molecule has 4 rings (SSSR count). The number of aromatic nitrogens is 2. The van der Waals surface area contributed by atoms with Crippen LogP contribution in [0.2, 0.25) is 0 Å². The molecule has 0 aliphatic carbocycles. The number of anilines is 2. The van der Waals surface area contributed by atoms with Crippen LogP contribution in [0.25, 0.3) is 11.3 Å². The Hall–Kier alpha value is -3.41. The molecular weight excluding hydrogens is 388 g/mol. The summed E-state index contributed by atoms with van der Waals surface area (Å²) in [6.07, 6.45) is 3.21. The number of hydrogen-bond donors (Lipinski definition) is 1. The van der Waals surface area contributed by atoms with Gasteiger partial charge in [0.25, 0.3) is 0 Å². The van der Waals surface area contributed by atoms with Crippen molar-refractivity contribution in [3.8, 4) is 17.0 Å². The zero-order valence-electron chi connectivity index (χ0n) is 18.3. The van der Waals surface area contributed by atoms with E-state index in [1.165, 1.54) is 0 Å². The van der Waals surface area contributed by atoms with Gasteiger partial charge in [0, 0.05) is 36.3 Å². The van der Waals surface area contributed by atoms with E-state index in [-0.39, 0.29) is 11.8 Å². The summed E-state index contributed by atoms with van der Waals surface area (Å²) in [6, 6.07) is 16.0. The molecular formula is C25H28N4O2. The number of ether oxygens (including phenoxy) is 1. The molecule has 6 heteroatoms. The number of methoxy groups -OCH3 is 1. The Morgan fingerprint density at radius 3 is 2.48 bits per heavy atom. The minimum Gasteiger partial charge on any atom is -0.497 e. The number of rotatable bonds is 5. The summed E-state index contributed by atoms with van der Waals surface area (Å²) >= 11 is 0. The van der Waals surface area contributed by atoms with Crippen LogP contribution in [0, 0.1) is 19.8 Å². The molecule has 1 aliphatic rings. The smallest absolute Gasteiger partial charge is 0.227 e. The lowest BCUT2D eigenvalue weighted by Gasteiger charge is -2.32. The number of piperidine rings is 1. The van der Waals surface area contributed by atoms with Gasteiger partial charge in [0.1, 0.15) is 17.9 Å². The molecule has 1 saturated heterocycles. The number of amides is 1. The van der Waals surface area contributed by atoms with E-state index in [0.29, 0.717) is 0 Å². The maximum absolute atomic E-state index is 12.8. The minimum atomic E-state index is 0.0130. The summed E-state index contributed by atoms with van der Waals surface area (Å²) in [5, 5.41) is 3.12. The van der Waals surface area contributed by atoms with Crippen LogP contribution in [-0.2, 0) is 4.79 Å².